The van der Waals surface area contributed by atoms with Gasteiger partial charge < -0.3 is 0 Å². The highest BCUT2D eigenvalue weighted by Gasteiger charge is 2.02. The molecule has 0 aliphatic rings. The molecule has 3 heteroatoms. The lowest BCUT2D eigenvalue weighted by Gasteiger charge is -2.02. The number of aryl methyl sites for hydroxylation is 1. The summed E-state index contributed by atoms with van der Waals surface area (Å²) in [5, 5.41) is 6.81. The average molecular weight is 301 g/mol. The summed E-state index contributed by atoms with van der Waals surface area (Å²) < 4.78 is 3.06. The van der Waals surface area contributed by atoms with Crippen LogP contribution in [-0.2, 0) is 6.54 Å². The number of hydrogen-bond donors (Lipinski definition) is 0. The number of hydrogen-bond acceptors (Lipinski definition) is 1. The van der Waals surface area contributed by atoms with Gasteiger partial charge in [-0.05, 0) is 41.5 Å². The predicted octanol–water partition coefficient (Wildman–Crippen LogP) is 4.49. The van der Waals surface area contributed by atoms with Gasteiger partial charge in [0.1, 0.15) is 0 Å². The standard InChI is InChI=1S/C15H13BrN2/c1-2-18-10-14(9-17-18)12-3-4-13-8-15(16)6-5-11(13)7-12/h3-10H,2H2,1H3. The summed E-state index contributed by atoms with van der Waals surface area (Å²) in [6, 6.07) is 12.8. The van der Waals surface area contributed by atoms with Crippen LogP contribution in [0.15, 0.2) is 53.3 Å². The fourth-order valence-corrected chi connectivity index (χ4v) is 2.46. The van der Waals surface area contributed by atoms with E-state index in [1.54, 1.807) is 0 Å². The number of benzene rings is 2. The molecule has 0 aliphatic carbocycles. The lowest BCUT2D eigenvalue weighted by Crippen LogP contribution is -1.91. The first kappa shape index (κ1) is 11.5. The summed E-state index contributed by atoms with van der Waals surface area (Å²) in [7, 11) is 0. The van der Waals surface area contributed by atoms with Gasteiger partial charge in [-0.15, -0.1) is 0 Å². The van der Waals surface area contributed by atoms with Gasteiger partial charge in [0.15, 0.2) is 0 Å². The second kappa shape index (κ2) is 4.58. The molecule has 18 heavy (non-hydrogen) atoms. The van der Waals surface area contributed by atoms with Crippen molar-refractivity contribution in [2.24, 2.45) is 0 Å². The van der Waals surface area contributed by atoms with Gasteiger partial charge in [-0.3, -0.25) is 4.68 Å². The Hall–Kier alpha value is -1.61. The van der Waals surface area contributed by atoms with E-state index in [0.717, 1.165) is 11.0 Å². The third-order valence-electron chi connectivity index (χ3n) is 3.09. The molecule has 0 radical (unpaired) electrons. The Bertz CT molecular complexity index is 701. The molecule has 0 spiro atoms. The number of halogens is 1. The van der Waals surface area contributed by atoms with E-state index in [-0.39, 0.29) is 0 Å². The van der Waals surface area contributed by atoms with Crippen LogP contribution in [0.4, 0.5) is 0 Å². The molecule has 1 aromatic heterocycles. The van der Waals surface area contributed by atoms with Gasteiger partial charge in [0.25, 0.3) is 0 Å². The zero-order valence-corrected chi connectivity index (χ0v) is 11.7. The summed E-state index contributed by atoms with van der Waals surface area (Å²) in [4.78, 5) is 0. The minimum atomic E-state index is 0.903. The Morgan fingerprint density at radius 2 is 1.83 bits per heavy atom. The number of nitrogens with zero attached hydrogens (tertiary/aromatic N) is 2. The van der Waals surface area contributed by atoms with E-state index in [4.69, 9.17) is 0 Å². The zero-order valence-electron chi connectivity index (χ0n) is 10.1. The molecule has 0 saturated carbocycles. The van der Waals surface area contributed by atoms with Gasteiger partial charge in [-0.1, -0.05) is 34.1 Å². The molecule has 1 heterocycles. The number of aromatic nitrogens is 2. The van der Waals surface area contributed by atoms with Crippen molar-refractivity contribution in [3.63, 3.8) is 0 Å². The first-order valence-electron chi connectivity index (χ1n) is 5.98. The molecule has 2 aromatic carbocycles. The van der Waals surface area contributed by atoms with Gasteiger partial charge in [-0.25, -0.2) is 0 Å². The maximum atomic E-state index is 4.31. The highest BCUT2D eigenvalue weighted by molar-refractivity contribution is 9.10. The third-order valence-corrected chi connectivity index (χ3v) is 3.59. The van der Waals surface area contributed by atoms with E-state index >= 15 is 0 Å². The van der Waals surface area contributed by atoms with E-state index in [0.29, 0.717) is 0 Å². The topological polar surface area (TPSA) is 17.8 Å². The molecule has 0 atom stereocenters. The highest BCUT2D eigenvalue weighted by atomic mass is 79.9. The van der Waals surface area contributed by atoms with Crippen LogP contribution in [0.5, 0.6) is 0 Å². The maximum absolute atomic E-state index is 4.31. The molecule has 0 N–H and O–H groups in total. The summed E-state index contributed by atoms with van der Waals surface area (Å²) in [5.41, 5.74) is 2.38. The summed E-state index contributed by atoms with van der Waals surface area (Å²) >= 11 is 3.50. The van der Waals surface area contributed by atoms with Gasteiger partial charge in [-0.2, -0.15) is 5.10 Å². The Morgan fingerprint density at radius 3 is 2.61 bits per heavy atom. The molecular formula is C15H13BrN2. The maximum Gasteiger partial charge on any atom is 0.0568 e. The van der Waals surface area contributed by atoms with Crippen LogP contribution in [0.1, 0.15) is 6.92 Å². The second-order valence-electron chi connectivity index (χ2n) is 4.29. The van der Waals surface area contributed by atoms with Crippen LogP contribution in [0, 0.1) is 0 Å². The smallest absolute Gasteiger partial charge is 0.0568 e. The van der Waals surface area contributed by atoms with Crippen LogP contribution >= 0.6 is 15.9 Å². The fourth-order valence-electron chi connectivity index (χ4n) is 2.08. The first-order valence-corrected chi connectivity index (χ1v) is 6.78. The molecule has 0 bridgehead atoms. The number of rotatable bonds is 2. The van der Waals surface area contributed by atoms with E-state index in [2.05, 4.69) is 70.5 Å². The summed E-state index contributed by atoms with van der Waals surface area (Å²) in [6.07, 6.45) is 4.00. The lowest BCUT2D eigenvalue weighted by atomic mass is 10.0. The minimum Gasteiger partial charge on any atom is -0.272 e. The van der Waals surface area contributed by atoms with Crippen molar-refractivity contribution in [2.45, 2.75) is 13.5 Å². The SMILES string of the molecule is CCn1cc(-c2ccc3cc(Br)ccc3c2)cn1. The van der Waals surface area contributed by atoms with Crippen molar-refractivity contribution in [3.05, 3.63) is 53.3 Å². The molecule has 3 aromatic rings. The van der Waals surface area contributed by atoms with Crippen molar-refractivity contribution in [1.82, 2.24) is 9.78 Å². The quantitative estimate of drug-likeness (QED) is 0.682. The monoisotopic (exact) mass is 300 g/mol. The first-order chi connectivity index (χ1) is 8.76. The Morgan fingerprint density at radius 1 is 1.06 bits per heavy atom. The minimum absolute atomic E-state index is 0.903. The molecule has 3 rings (SSSR count). The van der Waals surface area contributed by atoms with Crippen molar-refractivity contribution in [1.29, 1.82) is 0 Å². The molecular weight excluding hydrogens is 288 g/mol. The normalized spacial score (nSPS) is 11.0. The van der Waals surface area contributed by atoms with Gasteiger partial charge in [0, 0.05) is 22.8 Å². The van der Waals surface area contributed by atoms with E-state index < -0.39 is 0 Å². The van der Waals surface area contributed by atoms with Crippen LogP contribution in [0.2, 0.25) is 0 Å². The van der Waals surface area contributed by atoms with Crippen molar-refractivity contribution in [2.75, 3.05) is 0 Å². The molecule has 0 fully saturated rings. The number of fused-ring (bicyclic) bond motifs is 1. The van der Waals surface area contributed by atoms with Crippen LogP contribution < -0.4 is 0 Å². The second-order valence-corrected chi connectivity index (χ2v) is 5.21. The van der Waals surface area contributed by atoms with Crippen LogP contribution in [-0.4, -0.2) is 9.78 Å². The highest BCUT2D eigenvalue weighted by Crippen LogP contribution is 2.26. The Labute approximate surface area is 114 Å². The van der Waals surface area contributed by atoms with Gasteiger partial charge >= 0.3 is 0 Å². The molecule has 0 aliphatic heterocycles. The van der Waals surface area contributed by atoms with E-state index in [9.17, 15) is 0 Å². The van der Waals surface area contributed by atoms with Gasteiger partial charge in [0.05, 0.1) is 6.20 Å². The summed E-state index contributed by atoms with van der Waals surface area (Å²) in [5.74, 6) is 0. The van der Waals surface area contributed by atoms with Crippen molar-refractivity contribution in [3.8, 4) is 11.1 Å². The van der Waals surface area contributed by atoms with Gasteiger partial charge in [0.2, 0.25) is 0 Å². The van der Waals surface area contributed by atoms with Crippen LogP contribution in [0.3, 0.4) is 0 Å². The average Bonchev–Trinajstić information content (AvgIpc) is 2.87. The lowest BCUT2D eigenvalue weighted by molar-refractivity contribution is 0.660. The Balaban J connectivity index is 2.10. The van der Waals surface area contributed by atoms with Crippen molar-refractivity contribution < 1.29 is 0 Å². The predicted molar refractivity (Wildman–Crippen MR) is 78.5 cm³/mol. The Kier molecular flexibility index (Phi) is 2.92. The third kappa shape index (κ3) is 2.06. The zero-order chi connectivity index (χ0) is 12.5. The van der Waals surface area contributed by atoms with E-state index in [1.807, 2.05) is 10.9 Å². The summed E-state index contributed by atoms with van der Waals surface area (Å²) in [6.45, 7) is 3.00. The van der Waals surface area contributed by atoms with E-state index in [1.165, 1.54) is 21.9 Å². The fraction of sp³-hybridized carbons (Fsp3) is 0.133. The molecule has 0 unspecified atom stereocenters. The molecule has 90 valence electrons. The molecule has 2 nitrogen and oxygen atoms in total. The molecule has 0 amide bonds. The van der Waals surface area contributed by atoms with Crippen LogP contribution in [0.25, 0.3) is 21.9 Å². The molecule has 0 saturated heterocycles. The van der Waals surface area contributed by atoms with Crippen molar-refractivity contribution >= 4 is 26.7 Å². The largest absolute Gasteiger partial charge is 0.272 e.